The van der Waals surface area contributed by atoms with Gasteiger partial charge in [0, 0.05) is 18.5 Å². The van der Waals surface area contributed by atoms with Crippen molar-refractivity contribution in [2.24, 2.45) is 5.92 Å². The van der Waals surface area contributed by atoms with Gasteiger partial charge in [-0.2, -0.15) is 0 Å². The minimum Gasteiger partial charge on any atom is -0.369 e. The standard InChI is InChI=1S/C13H20ClN3/c1-3-11-16-12(14)9(2)13(17-11)15-8-10-6-4-5-7-10/h10H,3-8H2,1-2H3,(H,15,16,17). The van der Waals surface area contributed by atoms with Crippen LogP contribution in [0.4, 0.5) is 5.82 Å². The first kappa shape index (κ1) is 12.6. The summed E-state index contributed by atoms with van der Waals surface area (Å²) >= 11 is 6.10. The number of nitrogens with zero attached hydrogens (tertiary/aromatic N) is 2. The summed E-state index contributed by atoms with van der Waals surface area (Å²) in [6, 6.07) is 0. The Morgan fingerprint density at radius 1 is 1.29 bits per heavy atom. The van der Waals surface area contributed by atoms with E-state index in [1.54, 1.807) is 0 Å². The molecular weight excluding hydrogens is 234 g/mol. The molecule has 17 heavy (non-hydrogen) atoms. The van der Waals surface area contributed by atoms with Crippen LogP contribution in [0.5, 0.6) is 0 Å². The summed E-state index contributed by atoms with van der Waals surface area (Å²) in [6.07, 6.45) is 6.24. The van der Waals surface area contributed by atoms with Gasteiger partial charge in [0.2, 0.25) is 0 Å². The molecule has 4 heteroatoms. The van der Waals surface area contributed by atoms with E-state index in [0.717, 1.165) is 36.1 Å². The first-order valence-corrected chi connectivity index (χ1v) is 6.85. The summed E-state index contributed by atoms with van der Waals surface area (Å²) in [5.74, 6) is 2.52. The Kier molecular flexibility index (Phi) is 4.21. The van der Waals surface area contributed by atoms with E-state index >= 15 is 0 Å². The third-order valence-corrected chi connectivity index (χ3v) is 3.85. The third kappa shape index (κ3) is 3.09. The molecule has 0 unspecified atom stereocenters. The van der Waals surface area contributed by atoms with Crippen molar-refractivity contribution in [3.63, 3.8) is 0 Å². The Morgan fingerprint density at radius 3 is 2.65 bits per heavy atom. The van der Waals surface area contributed by atoms with Gasteiger partial charge in [-0.05, 0) is 25.7 Å². The Hall–Kier alpha value is -0.830. The smallest absolute Gasteiger partial charge is 0.137 e. The highest BCUT2D eigenvalue weighted by atomic mass is 35.5. The highest BCUT2D eigenvalue weighted by Gasteiger charge is 2.16. The molecular formula is C13H20ClN3. The Balaban J connectivity index is 2.05. The molecule has 1 saturated carbocycles. The number of nitrogens with one attached hydrogen (secondary N) is 1. The zero-order chi connectivity index (χ0) is 12.3. The maximum absolute atomic E-state index is 6.10. The van der Waals surface area contributed by atoms with Crippen molar-refractivity contribution in [1.29, 1.82) is 0 Å². The minimum atomic E-state index is 0.575. The fourth-order valence-corrected chi connectivity index (χ4v) is 2.51. The van der Waals surface area contributed by atoms with Crippen LogP contribution in [0.25, 0.3) is 0 Å². The van der Waals surface area contributed by atoms with Crippen molar-refractivity contribution in [3.8, 4) is 0 Å². The molecule has 1 aromatic heterocycles. The lowest BCUT2D eigenvalue weighted by atomic mass is 10.1. The van der Waals surface area contributed by atoms with Crippen LogP contribution < -0.4 is 5.32 Å². The van der Waals surface area contributed by atoms with E-state index in [1.807, 2.05) is 13.8 Å². The molecule has 94 valence electrons. The van der Waals surface area contributed by atoms with E-state index in [2.05, 4.69) is 15.3 Å². The van der Waals surface area contributed by atoms with E-state index < -0.39 is 0 Å². The summed E-state index contributed by atoms with van der Waals surface area (Å²) in [5, 5.41) is 4.01. The second kappa shape index (κ2) is 5.67. The first-order valence-electron chi connectivity index (χ1n) is 6.47. The summed E-state index contributed by atoms with van der Waals surface area (Å²) in [4.78, 5) is 8.75. The lowest BCUT2D eigenvalue weighted by Gasteiger charge is -2.14. The lowest BCUT2D eigenvalue weighted by Crippen LogP contribution is -2.14. The molecule has 0 saturated heterocycles. The van der Waals surface area contributed by atoms with Gasteiger partial charge in [0.25, 0.3) is 0 Å². The van der Waals surface area contributed by atoms with E-state index in [0.29, 0.717) is 5.15 Å². The van der Waals surface area contributed by atoms with Crippen LogP contribution in [0.2, 0.25) is 5.15 Å². The number of halogens is 1. The van der Waals surface area contributed by atoms with Crippen molar-refractivity contribution in [2.75, 3.05) is 11.9 Å². The fraction of sp³-hybridized carbons (Fsp3) is 0.692. The number of rotatable bonds is 4. The largest absolute Gasteiger partial charge is 0.369 e. The predicted octanol–water partition coefficient (Wildman–Crippen LogP) is 3.60. The molecule has 1 heterocycles. The quantitative estimate of drug-likeness (QED) is 0.833. The normalized spacial score (nSPS) is 16.4. The van der Waals surface area contributed by atoms with E-state index in [4.69, 9.17) is 11.6 Å². The van der Waals surface area contributed by atoms with Crippen molar-refractivity contribution < 1.29 is 0 Å². The number of aryl methyl sites for hydroxylation is 1. The van der Waals surface area contributed by atoms with E-state index in [9.17, 15) is 0 Å². The molecule has 3 nitrogen and oxygen atoms in total. The zero-order valence-electron chi connectivity index (χ0n) is 10.6. The van der Waals surface area contributed by atoms with Gasteiger partial charge in [-0.3, -0.25) is 0 Å². The van der Waals surface area contributed by atoms with Crippen LogP contribution in [-0.2, 0) is 6.42 Å². The molecule has 0 spiro atoms. The summed E-state index contributed by atoms with van der Waals surface area (Å²) in [7, 11) is 0. The van der Waals surface area contributed by atoms with Crippen LogP contribution in [0.1, 0.15) is 44.0 Å². The molecule has 1 fully saturated rings. The maximum Gasteiger partial charge on any atom is 0.137 e. The number of hydrogen-bond donors (Lipinski definition) is 1. The van der Waals surface area contributed by atoms with Gasteiger partial charge in [-0.1, -0.05) is 31.4 Å². The monoisotopic (exact) mass is 253 g/mol. The molecule has 2 rings (SSSR count). The van der Waals surface area contributed by atoms with Crippen LogP contribution in [0.15, 0.2) is 0 Å². The topological polar surface area (TPSA) is 37.8 Å². The fourth-order valence-electron chi connectivity index (χ4n) is 2.32. The SMILES string of the molecule is CCc1nc(Cl)c(C)c(NCC2CCCC2)n1. The van der Waals surface area contributed by atoms with Gasteiger partial charge in [-0.25, -0.2) is 9.97 Å². The van der Waals surface area contributed by atoms with Gasteiger partial charge in [0.1, 0.15) is 16.8 Å². The number of hydrogen-bond acceptors (Lipinski definition) is 3. The maximum atomic E-state index is 6.10. The second-order valence-corrected chi connectivity index (χ2v) is 5.15. The second-order valence-electron chi connectivity index (χ2n) is 4.79. The van der Waals surface area contributed by atoms with Crippen molar-refractivity contribution in [3.05, 3.63) is 16.5 Å². The molecule has 1 aliphatic rings. The first-order chi connectivity index (χ1) is 8.20. The number of anilines is 1. The Morgan fingerprint density at radius 2 is 2.00 bits per heavy atom. The Labute approximate surface area is 108 Å². The van der Waals surface area contributed by atoms with Crippen LogP contribution in [-0.4, -0.2) is 16.5 Å². The Bertz CT molecular complexity index is 386. The molecule has 0 aromatic carbocycles. The minimum absolute atomic E-state index is 0.575. The van der Waals surface area contributed by atoms with Gasteiger partial charge in [0.05, 0.1) is 0 Å². The highest BCUT2D eigenvalue weighted by molar-refractivity contribution is 6.30. The molecule has 1 N–H and O–H groups in total. The van der Waals surface area contributed by atoms with Crippen LogP contribution in [0, 0.1) is 12.8 Å². The van der Waals surface area contributed by atoms with Gasteiger partial charge in [0.15, 0.2) is 0 Å². The third-order valence-electron chi connectivity index (χ3n) is 3.48. The van der Waals surface area contributed by atoms with E-state index in [-0.39, 0.29) is 0 Å². The predicted molar refractivity (Wildman–Crippen MR) is 71.6 cm³/mol. The van der Waals surface area contributed by atoms with Gasteiger partial charge >= 0.3 is 0 Å². The lowest BCUT2D eigenvalue weighted by molar-refractivity contribution is 0.578. The summed E-state index contributed by atoms with van der Waals surface area (Å²) < 4.78 is 0. The molecule has 1 aliphatic carbocycles. The zero-order valence-corrected chi connectivity index (χ0v) is 11.3. The average Bonchev–Trinajstić information content (AvgIpc) is 2.84. The molecule has 0 aliphatic heterocycles. The molecule has 0 amide bonds. The molecule has 1 aromatic rings. The van der Waals surface area contributed by atoms with Crippen LogP contribution in [0.3, 0.4) is 0 Å². The summed E-state index contributed by atoms with van der Waals surface area (Å²) in [5.41, 5.74) is 0.960. The van der Waals surface area contributed by atoms with E-state index in [1.165, 1.54) is 25.7 Å². The summed E-state index contributed by atoms with van der Waals surface area (Å²) in [6.45, 7) is 5.03. The van der Waals surface area contributed by atoms with Crippen molar-refractivity contribution in [2.45, 2.75) is 46.0 Å². The van der Waals surface area contributed by atoms with Crippen molar-refractivity contribution >= 4 is 17.4 Å². The van der Waals surface area contributed by atoms with Crippen LogP contribution >= 0.6 is 11.6 Å². The average molecular weight is 254 g/mol. The van der Waals surface area contributed by atoms with Gasteiger partial charge < -0.3 is 5.32 Å². The van der Waals surface area contributed by atoms with Crippen molar-refractivity contribution in [1.82, 2.24) is 9.97 Å². The molecule has 0 bridgehead atoms. The van der Waals surface area contributed by atoms with Gasteiger partial charge in [-0.15, -0.1) is 0 Å². The molecule has 0 atom stereocenters. The number of aromatic nitrogens is 2. The highest BCUT2D eigenvalue weighted by Crippen LogP contribution is 2.26. The molecule has 0 radical (unpaired) electrons.